The Kier molecular flexibility index (Phi) is 11.7. The summed E-state index contributed by atoms with van der Waals surface area (Å²) in [4.78, 5) is 0. The lowest BCUT2D eigenvalue weighted by Gasteiger charge is -2.01. The second-order valence-electron chi connectivity index (χ2n) is 5.51. The summed E-state index contributed by atoms with van der Waals surface area (Å²) in [5, 5.41) is 0. The van der Waals surface area contributed by atoms with Crippen molar-refractivity contribution in [1.29, 1.82) is 0 Å². The van der Waals surface area contributed by atoms with Crippen molar-refractivity contribution < 1.29 is 28.5 Å². The first-order valence-corrected chi connectivity index (χ1v) is 7.75. The standard InChI is InChI=1S/C16H31N2.HI/c1-4-5-6-7-8-9-10-11-12-13-16-17(2)14-15-18(16)3;/h14-15H,4-13H2,1-3H3;1H/q+1;/p-1. The molecule has 3 heteroatoms. The smallest absolute Gasteiger partial charge is 0.255 e. The van der Waals surface area contributed by atoms with Crippen LogP contribution >= 0.6 is 0 Å². The normalized spacial score (nSPS) is 10.5. The van der Waals surface area contributed by atoms with Crippen LogP contribution in [0.3, 0.4) is 0 Å². The average Bonchev–Trinajstić information content (AvgIpc) is 2.68. The van der Waals surface area contributed by atoms with Crippen LogP contribution in [0.25, 0.3) is 0 Å². The first-order chi connectivity index (χ1) is 8.75. The van der Waals surface area contributed by atoms with Gasteiger partial charge >= 0.3 is 0 Å². The second kappa shape index (κ2) is 11.7. The molecule has 0 bridgehead atoms. The number of nitrogens with zero attached hydrogens (tertiary/aromatic N) is 2. The van der Waals surface area contributed by atoms with Gasteiger partial charge in [0.2, 0.25) is 0 Å². The van der Waals surface area contributed by atoms with E-state index in [4.69, 9.17) is 0 Å². The van der Waals surface area contributed by atoms with Crippen molar-refractivity contribution >= 4 is 0 Å². The van der Waals surface area contributed by atoms with Gasteiger partial charge in [0.1, 0.15) is 12.4 Å². The van der Waals surface area contributed by atoms with E-state index in [-0.39, 0.29) is 24.0 Å². The fourth-order valence-corrected chi connectivity index (χ4v) is 2.57. The number of unbranched alkanes of at least 4 members (excludes halogenated alkanes) is 8. The lowest BCUT2D eigenvalue weighted by atomic mass is 10.1. The lowest BCUT2D eigenvalue weighted by Crippen LogP contribution is -3.00. The SMILES string of the molecule is CCCCCCCCCCCc1n(C)cc[n+]1C.[I-]. The van der Waals surface area contributed by atoms with E-state index in [0.29, 0.717) is 0 Å². The molecule has 1 rings (SSSR count). The summed E-state index contributed by atoms with van der Waals surface area (Å²) >= 11 is 0. The molecular weight excluding hydrogens is 347 g/mol. The Morgan fingerprint density at radius 1 is 0.947 bits per heavy atom. The van der Waals surface area contributed by atoms with Gasteiger partial charge < -0.3 is 24.0 Å². The molecule has 0 N–H and O–H groups in total. The van der Waals surface area contributed by atoms with Crippen molar-refractivity contribution in [2.45, 2.75) is 71.1 Å². The van der Waals surface area contributed by atoms with E-state index in [1.54, 1.807) is 0 Å². The fraction of sp³-hybridized carbons (Fsp3) is 0.812. The van der Waals surface area contributed by atoms with Gasteiger partial charge in [-0.1, -0.05) is 58.3 Å². The highest BCUT2D eigenvalue weighted by atomic mass is 127. The number of rotatable bonds is 10. The van der Waals surface area contributed by atoms with E-state index in [1.165, 1.54) is 70.0 Å². The molecule has 0 spiro atoms. The zero-order chi connectivity index (χ0) is 13.2. The minimum Gasteiger partial charge on any atom is -1.00 e. The first-order valence-electron chi connectivity index (χ1n) is 7.75. The van der Waals surface area contributed by atoms with Gasteiger partial charge in [-0.2, -0.15) is 0 Å². The maximum absolute atomic E-state index is 2.28. The summed E-state index contributed by atoms with van der Waals surface area (Å²) in [5.41, 5.74) is 0. The zero-order valence-electron chi connectivity index (χ0n) is 13.0. The molecule has 0 aliphatic heterocycles. The molecule has 2 nitrogen and oxygen atoms in total. The second-order valence-corrected chi connectivity index (χ2v) is 5.51. The number of hydrogen-bond donors (Lipinski definition) is 0. The van der Waals surface area contributed by atoms with Crippen LogP contribution in [0.1, 0.15) is 70.5 Å². The summed E-state index contributed by atoms with van der Waals surface area (Å²) in [7, 11) is 4.28. The molecule has 1 heterocycles. The van der Waals surface area contributed by atoms with Gasteiger partial charge in [0.05, 0.1) is 14.1 Å². The number of imidazole rings is 1. The molecule has 1 aromatic heterocycles. The highest BCUT2D eigenvalue weighted by Crippen LogP contribution is 2.10. The molecular formula is C16H31IN2. The van der Waals surface area contributed by atoms with Gasteiger partial charge in [0, 0.05) is 6.42 Å². The van der Waals surface area contributed by atoms with Crippen molar-refractivity contribution in [2.75, 3.05) is 0 Å². The van der Waals surface area contributed by atoms with E-state index in [1.807, 2.05) is 0 Å². The van der Waals surface area contributed by atoms with Crippen molar-refractivity contribution in [2.24, 2.45) is 14.1 Å². The first kappa shape index (κ1) is 18.9. The van der Waals surface area contributed by atoms with Gasteiger partial charge in [-0.15, -0.1) is 0 Å². The van der Waals surface area contributed by atoms with Gasteiger partial charge in [0.15, 0.2) is 0 Å². The largest absolute Gasteiger partial charge is 1.00 e. The molecule has 0 fully saturated rings. The molecule has 0 aliphatic carbocycles. The minimum absolute atomic E-state index is 0. The van der Waals surface area contributed by atoms with Crippen molar-refractivity contribution in [1.82, 2.24) is 4.57 Å². The molecule has 0 saturated carbocycles. The third kappa shape index (κ3) is 7.95. The molecule has 0 amide bonds. The van der Waals surface area contributed by atoms with E-state index < -0.39 is 0 Å². The Morgan fingerprint density at radius 3 is 1.95 bits per heavy atom. The van der Waals surface area contributed by atoms with E-state index >= 15 is 0 Å². The van der Waals surface area contributed by atoms with Crippen LogP contribution in [0.2, 0.25) is 0 Å². The summed E-state index contributed by atoms with van der Waals surface area (Å²) in [6.45, 7) is 2.28. The summed E-state index contributed by atoms with van der Waals surface area (Å²) in [6, 6.07) is 0. The molecule has 0 aliphatic rings. The number of aromatic nitrogens is 2. The Morgan fingerprint density at radius 2 is 1.47 bits per heavy atom. The molecule has 0 unspecified atom stereocenters. The van der Waals surface area contributed by atoms with Crippen LogP contribution in [0, 0.1) is 0 Å². The van der Waals surface area contributed by atoms with Crippen molar-refractivity contribution in [3.05, 3.63) is 18.2 Å². The summed E-state index contributed by atoms with van der Waals surface area (Å²) < 4.78 is 4.48. The molecule has 0 aromatic carbocycles. The van der Waals surface area contributed by atoms with Gasteiger partial charge in [0.25, 0.3) is 5.82 Å². The van der Waals surface area contributed by atoms with Crippen LogP contribution in [-0.4, -0.2) is 4.57 Å². The molecule has 1 aromatic rings. The Balaban J connectivity index is 0.00000324. The van der Waals surface area contributed by atoms with E-state index in [2.05, 4.69) is 42.5 Å². The average molecular weight is 378 g/mol. The Labute approximate surface area is 136 Å². The lowest BCUT2D eigenvalue weighted by molar-refractivity contribution is -0.678. The summed E-state index contributed by atoms with van der Waals surface area (Å²) in [5.74, 6) is 1.44. The fourth-order valence-electron chi connectivity index (χ4n) is 2.57. The number of hydrogen-bond acceptors (Lipinski definition) is 0. The zero-order valence-corrected chi connectivity index (χ0v) is 15.2. The van der Waals surface area contributed by atoms with Gasteiger partial charge in [-0.25, -0.2) is 9.13 Å². The Hall–Kier alpha value is -0.0600. The monoisotopic (exact) mass is 378 g/mol. The molecule has 112 valence electrons. The predicted molar refractivity (Wildman–Crippen MR) is 77.5 cm³/mol. The van der Waals surface area contributed by atoms with Crippen LogP contribution in [-0.2, 0) is 20.5 Å². The van der Waals surface area contributed by atoms with Crippen LogP contribution in [0.4, 0.5) is 0 Å². The van der Waals surface area contributed by atoms with Crippen molar-refractivity contribution in [3.63, 3.8) is 0 Å². The number of halogens is 1. The highest BCUT2D eigenvalue weighted by Gasteiger charge is 2.09. The molecule has 19 heavy (non-hydrogen) atoms. The quantitative estimate of drug-likeness (QED) is 0.325. The number of aryl methyl sites for hydroxylation is 2. The van der Waals surface area contributed by atoms with E-state index in [0.717, 1.165) is 0 Å². The third-order valence-electron chi connectivity index (χ3n) is 3.83. The topological polar surface area (TPSA) is 8.81 Å². The van der Waals surface area contributed by atoms with Gasteiger partial charge in [-0.3, -0.25) is 0 Å². The van der Waals surface area contributed by atoms with Crippen LogP contribution in [0.5, 0.6) is 0 Å². The minimum atomic E-state index is 0. The van der Waals surface area contributed by atoms with Crippen LogP contribution < -0.4 is 28.5 Å². The molecule has 0 atom stereocenters. The highest BCUT2D eigenvalue weighted by molar-refractivity contribution is 4.81. The molecule has 0 saturated heterocycles. The van der Waals surface area contributed by atoms with Crippen molar-refractivity contribution in [3.8, 4) is 0 Å². The van der Waals surface area contributed by atoms with Crippen LogP contribution in [0.15, 0.2) is 12.4 Å². The Bertz CT molecular complexity index is 301. The summed E-state index contributed by atoms with van der Waals surface area (Å²) in [6.07, 6.45) is 18.2. The predicted octanol–water partition coefficient (Wildman–Crippen LogP) is 0.927. The van der Waals surface area contributed by atoms with Gasteiger partial charge in [-0.05, 0) is 6.42 Å². The maximum atomic E-state index is 2.28. The van der Waals surface area contributed by atoms with E-state index in [9.17, 15) is 0 Å². The maximum Gasteiger partial charge on any atom is 0.255 e. The third-order valence-corrected chi connectivity index (χ3v) is 3.83. The molecule has 0 radical (unpaired) electrons.